The molecule has 3 heterocycles. The minimum Gasteiger partial charge on any atom is -0.457 e. The van der Waals surface area contributed by atoms with E-state index in [0.717, 1.165) is 24.2 Å². The van der Waals surface area contributed by atoms with E-state index in [1.165, 1.54) is 6.33 Å². The summed E-state index contributed by atoms with van der Waals surface area (Å²) >= 11 is 0. The monoisotopic (exact) mass is 493 g/mol. The van der Waals surface area contributed by atoms with E-state index in [1.807, 2.05) is 72.3 Å². The summed E-state index contributed by atoms with van der Waals surface area (Å²) in [7, 11) is 0. The standard InChI is InChI=1S/C28H27N7O2/c1-2-7-20(16-29)28(36)34-15-6-8-21(17-34)35-27-24(26(30)31-18-32-27)25(33-35)19-11-13-23(14-12-19)37-22-9-4-3-5-10-22/h3-5,7,9-14,18,21H,2,6,8,15,17H2,1H3,(H2,30,31,32)/b20-7+. The van der Waals surface area contributed by atoms with Crippen molar-refractivity contribution in [3.8, 4) is 28.8 Å². The fraction of sp³-hybridized carbons (Fsp3) is 0.250. The lowest BCUT2D eigenvalue weighted by molar-refractivity contribution is -0.128. The molecule has 1 unspecified atom stereocenters. The Kier molecular flexibility index (Phi) is 6.81. The topological polar surface area (TPSA) is 123 Å². The van der Waals surface area contributed by atoms with Crippen LogP contribution < -0.4 is 10.5 Å². The molecule has 2 aromatic carbocycles. The Morgan fingerprint density at radius 2 is 1.92 bits per heavy atom. The molecule has 1 atom stereocenters. The van der Waals surface area contributed by atoms with Crippen molar-refractivity contribution in [3.05, 3.63) is 72.6 Å². The van der Waals surface area contributed by atoms with Gasteiger partial charge in [0.15, 0.2) is 5.65 Å². The molecule has 9 nitrogen and oxygen atoms in total. The van der Waals surface area contributed by atoms with E-state index in [2.05, 4.69) is 9.97 Å². The van der Waals surface area contributed by atoms with Crippen LogP contribution in [0.15, 0.2) is 72.6 Å². The number of hydrogen-bond acceptors (Lipinski definition) is 7. The van der Waals surface area contributed by atoms with Crippen molar-refractivity contribution in [2.45, 2.75) is 32.2 Å². The number of carbonyl (C=O) groups is 1. The van der Waals surface area contributed by atoms with Crippen LogP contribution in [0.3, 0.4) is 0 Å². The summed E-state index contributed by atoms with van der Waals surface area (Å²) in [4.78, 5) is 23.4. The van der Waals surface area contributed by atoms with E-state index in [4.69, 9.17) is 15.6 Å². The first-order chi connectivity index (χ1) is 18.1. The largest absolute Gasteiger partial charge is 0.457 e. The summed E-state index contributed by atoms with van der Waals surface area (Å²) in [5.41, 5.74) is 8.63. The second kappa shape index (κ2) is 10.5. The van der Waals surface area contributed by atoms with Crippen LogP contribution in [0.25, 0.3) is 22.3 Å². The highest BCUT2D eigenvalue weighted by molar-refractivity contribution is 5.99. The zero-order chi connectivity index (χ0) is 25.8. The van der Waals surface area contributed by atoms with E-state index in [-0.39, 0.29) is 17.5 Å². The molecule has 0 bridgehead atoms. The molecule has 1 fully saturated rings. The molecule has 1 aliphatic heterocycles. The van der Waals surface area contributed by atoms with Gasteiger partial charge >= 0.3 is 0 Å². The van der Waals surface area contributed by atoms with Gasteiger partial charge in [-0.05, 0) is 55.7 Å². The lowest BCUT2D eigenvalue weighted by Crippen LogP contribution is -2.41. The van der Waals surface area contributed by atoms with Gasteiger partial charge in [-0.1, -0.05) is 31.2 Å². The number of ether oxygens (including phenoxy) is 1. The van der Waals surface area contributed by atoms with Crippen molar-refractivity contribution in [2.75, 3.05) is 18.8 Å². The van der Waals surface area contributed by atoms with E-state index in [1.54, 1.807) is 11.0 Å². The van der Waals surface area contributed by atoms with Gasteiger partial charge in [-0.2, -0.15) is 10.4 Å². The maximum atomic E-state index is 13.0. The predicted molar refractivity (Wildman–Crippen MR) is 141 cm³/mol. The molecule has 1 saturated heterocycles. The highest BCUT2D eigenvalue weighted by Gasteiger charge is 2.29. The Labute approximate surface area is 214 Å². The molecular weight excluding hydrogens is 466 g/mol. The molecule has 186 valence electrons. The maximum Gasteiger partial charge on any atom is 0.264 e. The number of rotatable bonds is 6. The molecule has 9 heteroatoms. The lowest BCUT2D eigenvalue weighted by atomic mass is 10.0. The molecule has 0 aliphatic carbocycles. The molecule has 0 radical (unpaired) electrons. The van der Waals surface area contributed by atoms with Crippen LogP contribution >= 0.6 is 0 Å². The van der Waals surface area contributed by atoms with Gasteiger partial charge in [-0.3, -0.25) is 4.79 Å². The number of likely N-dealkylation sites (tertiary alicyclic amines) is 1. The predicted octanol–water partition coefficient (Wildman–Crippen LogP) is 4.89. The molecular formula is C28H27N7O2. The van der Waals surface area contributed by atoms with Gasteiger partial charge in [0.25, 0.3) is 5.91 Å². The van der Waals surface area contributed by atoms with E-state index in [9.17, 15) is 10.1 Å². The number of anilines is 1. The van der Waals surface area contributed by atoms with Gasteiger partial charge < -0.3 is 15.4 Å². The Hall–Kier alpha value is -4.71. The molecule has 0 spiro atoms. The number of para-hydroxylation sites is 1. The van der Waals surface area contributed by atoms with Crippen molar-refractivity contribution in [1.29, 1.82) is 5.26 Å². The number of benzene rings is 2. The Morgan fingerprint density at radius 3 is 2.65 bits per heavy atom. The first-order valence-electron chi connectivity index (χ1n) is 12.3. The number of nitriles is 1. The van der Waals surface area contributed by atoms with E-state index < -0.39 is 0 Å². The first kappa shape index (κ1) is 24.0. The molecule has 2 N–H and O–H groups in total. The molecule has 37 heavy (non-hydrogen) atoms. The molecule has 2 aromatic heterocycles. The van der Waals surface area contributed by atoms with Crippen molar-refractivity contribution in [3.63, 3.8) is 0 Å². The second-order valence-electron chi connectivity index (χ2n) is 8.88. The number of nitrogens with zero attached hydrogens (tertiary/aromatic N) is 6. The number of allylic oxidation sites excluding steroid dienone is 1. The molecule has 4 aromatic rings. The zero-order valence-electron chi connectivity index (χ0n) is 20.5. The Bertz CT molecular complexity index is 1490. The molecule has 5 rings (SSSR count). The van der Waals surface area contributed by atoms with Crippen LogP contribution in [-0.2, 0) is 4.79 Å². The fourth-order valence-corrected chi connectivity index (χ4v) is 4.65. The zero-order valence-corrected chi connectivity index (χ0v) is 20.5. The number of nitrogens with two attached hydrogens (primary N) is 1. The third kappa shape index (κ3) is 4.86. The molecule has 1 amide bonds. The third-order valence-electron chi connectivity index (χ3n) is 6.41. The van der Waals surface area contributed by atoms with Gasteiger partial charge in [-0.15, -0.1) is 0 Å². The van der Waals surface area contributed by atoms with Crippen LogP contribution in [0, 0.1) is 11.3 Å². The van der Waals surface area contributed by atoms with Gasteiger partial charge in [0.05, 0.1) is 11.4 Å². The Balaban J connectivity index is 1.47. The summed E-state index contributed by atoms with van der Waals surface area (Å²) in [6.45, 7) is 2.95. The van der Waals surface area contributed by atoms with Gasteiger partial charge in [0, 0.05) is 18.7 Å². The van der Waals surface area contributed by atoms with Gasteiger partial charge in [0.1, 0.15) is 41.0 Å². The highest BCUT2D eigenvalue weighted by atomic mass is 16.5. The summed E-state index contributed by atoms with van der Waals surface area (Å²) in [5, 5.41) is 15.0. The van der Waals surface area contributed by atoms with Crippen molar-refractivity contribution in [1.82, 2.24) is 24.6 Å². The number of fused-ring (bicyclic) bond motifs is 1. The number of aromatic nitrogens is 4. The summed E-state index contributed by atoms with van der Waals surface area (Å²) in [6, 6.07) is 19.2. The average molecular weight is 494 g/mol. The smallest absolute Gasteiger partial charge is 0.264 e. The summed E-state index contributed by atoms with van der Waals surface area (Å²) < 4.78 is 7.77. The number of hydrogen-bond donors (Lipinski definition) is 1. The minimum absolute atomic E-state index is 0.106. The summed E-state index contributed by atoms with van der Waals surface area (Å²) in [5.74, 6) is 1.57. The van der Waals surface area contributed by atoms with E-state index >= 15 is 0 Å². The average Bonchev–Trinajstić information content (AvgIpc) is 3.33. The number of amides is 1. The van der Waals surface area contributed by atoms with Crippen LogP contribution in [0.1, 0.15) is 32.2 Å². The summed E-state index contributed by atoms with van der Waals surface area (Å²) in [6.07, 6.45) is 5.36. The van der Waals surface area contributed by atoms with Crippen molar-refractivity contribution < 1.29 is 9.53 Å². The van der Waals surface area contributed by atoms with E-state index in [0.29, 0.717) is 47.8 Å². The van der Waals surface area contributed by atoms with Gasteiger partial charge in [0.2, 0.25) is 0 Å². The van der Waals surface area contributed by atoms with Crippen LogP contribution in [0.2, 0.25) is 0 Å². The molecule has 0 saturated carbocycles. The number of piperidine rings is 1. The Morgan fingerprint density at radius 1 is 1.16 bits per heavy atom. The maximum absolute atomic E-state index is 13.0. The fourth-order valence-electron chi connectivity index (χ4n) is 4.65. The lowest BCUT2D eigenvalue weighted by Gasteiger charge is -2.32. The number of nitrogen functional groups attached to an aromatic ring is 1. The second-order valence-corrected chi connectivity index (χ2v) is 8.88. The first-order valence-corrected chi connectivity index (χ1v) is 12.3. The highest BCUT2D eigenvalue weighted by Crippen LogP contribution is 2.35. The van der Waals surface area contributed by atoms with Gasteiger partial charge in [-0.25, -0.2) is 14.6 Å². The van der Waals surface area contributed by atoms with Crippen LogP contribution in [-0.4, -0.2) is 43.6 Å². The normalized spacial score (nSPS) is 15.9. The van der Waals surface area contributed by atoms with Crippen LogP contribution in [0.4, 0.5) is 5.82 Å². The van der Waals surface area contributed by atoms with Crippen molar-refractivity contribution in [2.24, 2.45) is 0 Å². The third-order valence-corrected chi connectivity index (χ3v) is 6.41. The van der Waals surface area contributed by atoms with Crippen LogP contribution in [0.5, 0.6) is 11.5 Å². The van der Waals surface area contributed by atoms with Crippen molar-refractivity contribution >= 4 is 22.8 Å². The SMILES string of the molecule is CC/C=C(\C#N)C(=O)N1CCCC(n2nc(-c3ccc(Oc4ccccc4)cc3)c3c(N)ncnc32)C1. The minimum atomic E-state index is -0.242. The number of carbonyl (C=O) groups excluding carboxylic acids is 1. The molecule has 1 aliphatic rings. The quantitative estimate of drug-likeness (QED) is 0.300.